The summed E-state index contributed by atoms with van der Waals surface area (Å²) < 4.78 is 50.8. The van der Waals surface area contributed by atoms with E-state index in [2.05, 4.69) is 5.32 Å². The topological polar surface area (TPSA) is 416 Å². The monoisotopic (exact) mass is 853 g/mol. The largest absolute Gasteiger partial charge is 0.394 e. The lowest BCUT2D eigenvalue weighted by Gasteiger charge is -2.50. The minimum Gasteiger partial charge on any atom is -0.394 e. The van der Waals surface area contributed by atoms with Crippen molar-refractivity contribution in [1.29, 1.82) is 0 Å². The van der Waals surface area contributed by atoms with E-state index in [1.165, 1.54) is 6.92 Å². The predicted octanol–water partition coefficient (Wildman–Crippen LogP) is -10.8. The zero-order valence-electron chi connectivity index (χ0n) is 31.1. The number of carbonyl (C=O) groups is 1. The Labute approximate surface area is 329 Å². The van der Waals surface area contributed by atoms with Crippen LogP contribution in [0.2, 0.25) is 0 Å². The SMILES string of the molecule is CC(=O)NC1[C@H](O[C@@H]2C(O)[C@@H](O[C@H]3C(CO)O[C@@H](O)C(O)[C@H]3O)OC(CO)[C@@H]2O)OC(CO)[C@H](O)[C@@H]1O[C@@H]1OC(CO)[C@H](O)[C@H](O)C1O[C@@H]1OC(C)[C@@H](O)[C@H](O)C1O. The zero-order valence-corrected chi connectivity index (χ0v) is 31.1. The van der Waals surface area contributed by atoms with Gasteiger partial charge in [0.25, 0.3) is 0 Å². The van der Waals surface area contributed by atoms with Crippen LogP contribution in [0, 0.1) is 0 Å². The standard InChI is InChI=1S/C32H55NO25/c1-7-14(39)18(43)22(47)30(50-7)58-27-19(44)15(40)9(3-34)54-32(27)56-25-13(33-8(2)38)29(52-10(4-35)16(25)41)57-26-17(42)11(5-36)53-31(23(26)48)55-24-12(6-37)51-28(49)21(46)20(24)45/h7,9-32,34-37,39-49H,3-6H2,1-2H3,(H,33,38)/t7?,9?,10?,11?,12?,13?,14-,15+,16+,17+,18+,19+,20-,21?,22?,23?,24+,25-,26+,27?,28-,29+,30+,31-,32+/m1/s1. The van der Waals surface area contributed by atoms with Gasteiger partial charge in [0.1, 0.15) is 116 Å². The lowest BCUT2D eigenvalue weighted by Crippen LogP contribution is -2.70. The first-order valence-corrected chi connectivity index (χ1v) is 18.5. The van der Waals surface area contributed by atoms with Gasteiger partial charge in [-0.2, -0.15) is 0 Å². The fourth-order valence-corrected chi connectivity index (χ4v) is 7.35. The number of carbonyl (C=O) groups excluding carboxylic acids is 1. The highest BCUT2D eigenvalue weighted by molar-refractivity contribution is 5.73. The Bertz CT molecular complexity index is 1310. The van der Waals surface area contributed by atoms with Crippen molar-refractivity contribution >= 4 is 5.91 Å². The van der Waals surface area contributed by atoms with Crippen molar-refractivity contribution in [1.82, 2.24) is 5.32 Å². The third-order valence-electron chi connectivity index (χ3n) is 10.7. The summed E-state index contributed by atoms with van der Waals surface area (Å²) in [5.74, 6) is -0.823. The Morgan fingerprint density at radius 2 is 0.914 bits per heavy atom. The third-order valence-corrected chi connectivity index (χ3v) is 10.7. The molecule has 0 aromatic rings. The first-order chi connectivity index (χ1) is 27.4. The molecule has 5 aliphatic rings. The van der Waals surface area contributed by atoms with Crippen LogP contribution in [-0.2, 0) is 47.4 Å². The summed E-state index contributed by atoms with van der Waals surface area (Å²) in [6.07, 6.45) is -43.4. The summed E-state index contributed by atoms with van der Waals surface area (Å²) in [6.45, 7) is -1.34. The van der Waals surface area contributed by atoms with E-state index in [9.17, 15) is 81.4 Å². The maximum absolute atomic E-state index is 12.6. The van der Waals surface area contributed by atoms with Gasteiger partial charge in [-0.1, -0.05) is 0 Å². The molecule has 16 N–H and O–H groups in total. The Morgan fingerprint density at radius 3 is 1.50 bits per heavy atom. The number of nitrogens with one attached hydrogen (secondary N) is 1. The molecule has 0 aliphatic carbocycles. The van der Waals surface area contributed by atoms with Crippen molar-refractivity contribution in [2.24, 2.45) is 0 Å². The molecule has 0 radical (unpaired) electrons. The van der Waals surface area contributed by atoms with E-state index in [4.69, 9.17) is 42.6 Å². The van der Waals surface area contributed by atoms with Gasteiger partial charge in [0.05, 0.1) is 32.5 Å². The molecular formula is C32H55NO25. The van der Waals surface area contributed by atoms with Gasteiger partial charge >= 0.3 is 0 Å². The van der Waals surface area contributed by atoms with Crippen molar-refractivity contribution in [3.8, 4) is 0 Å². The molecule has 10 unspecified atom stereocenters. The quantitative estimate of drug-likeness (QED) is 0.0818. The Kier molecular flexibility index (Phi) is 16.5. The normalized spacial score (nSPS) is 51.6. The molecular weight excluding hydrogens is 798 g/mol. The lowest BCUT2D eigenvalue weighted by atomic mass is 9.94. The number of ether oxygens (including phenoxy) is 9. The van der Waals surface area contributed by atoms with Gasteiger partial charge in [-0.3, -0.25) is 4.79 Å². The number of rotatable bonds is 13. The van der Waals surface area contributed by atoms with Crippen molar-refractivity contribution < 1.29 is 124 Å². The number of hydrogen-bond donors (Lipinski definition) is 16. The van der Waals surface area contributed by atoms with Crippen LogP contribution < -0.4 is 5.32 Å². The summed E-state index contributed by atoms with van der Waals surface area (Å²) in [6, 6.07) is -1.72. The summed E-state index contributed by atoms with van der Waals surface area (Å²) in [4.78, 5) is 12.6. The first kappa shape index (κ1) is 47.6. The van der Waals surface area contributed by atoms with E-state index in [1.807, 2.05) is 0 Å². The van der Waals surface area contributed by atoms with Gasteiger partial charge in [0.2, 0.25) is 5.91 Å². The predicted molar refractivity (Wildman–Crippen MR) is 177 cm³/mol. The molecule has 1 amide bonds. The van der Waals surface area contributed by atoms with Crippen LogP contribution in [0.25, 0.3) is 0 Å². The maximum Gasteiger partial charge on any atom is 0.217 e. The first-order valence-electron chi connectivity index (χ1n) is 18.5. The van der Waals surface area contributed by atoms with Gasteiger partial charge in [-0.25, -0.2) is 0 Å². The highest BCUT2D eigenvalue weighted by Crippen LogP contribution is 2.36. The van der Waals surface area contributed by atoms with Crippen molar-refractivity contribution in [2.45, 2.75) is 167 Å². The van der Waals surface area contributed by atoms with Crippen LogP contribution >= 0.6 is 0 Å². The smallest absolute Gasteiger partial charge is 0.217 e. The van der Waals surface area contributed by atoms with Gasteiger partial charge in [0.15, 0.2) is 31.5 Å². The molecule has 0 aromatic carbocycles. The molecule has 0 bridgehead atoms. The van der Waals surface area contributed by atoms with Crippen LogP contribution in [0.1, 0.15) is 13.8 Å². The molecule has 26 heteroatoms. The van der Waals surface area contributed by atoms with Crippen LogP contribution in [0.4, 0.5) is 0 Å². The molecule has 58 heavy (non-hydrogen) atoms. The van der Waals surface area contributed by atoms with Crippen LogP contribution in [0.3, 0.4) is 0 Å². The second-order valence-electron chi connectivity index (χ2n) is 14.7. The second-order valence-corrected chi connectivity index (χ2v) is 14.7. The third kappa shape index (κ3) is 9.75. The Hall–Kier alpha value is -1.49. The van der Waals surface area contributed by atoms with E-state index in [-0.39, 0.29) is 0 Å². The highest BCUT2D eigenvalue weighted by atomic mass is 16.8. The van der Waals surface area contributed by atoms with E-state index in [0.29, 0.717) is 0 Å². The summed E-state index contributed by atoms with van der Waals surface area (Å²) in [5.41, 5.74) is 0. The second kappa shape index (κ2) is 20.1. The Morgan fingerprint density at radius 1 is 0.448 bits per heavy atom. The van der Waals surface area contributed by atoms with Crippen molar-refractivity contribution in [2.75, 3.05) is 26.4 Å². The van der Waals surface area contributed by atoms with E-state index in [1.54, 1.807) is 0 Å². The summed E-state index contributed by atoms with van der Waals surface area (Å²) in [5, 5.41) is 160. The number of hydrogen-bond acceptors (Lipinski definition) is 25. The van der Waals surface area contributed by atoms with Gasteiger partial charge < -0.3 is 125 Å². The van der Waals surface area contributed by atoms with Crippen molar-refractivity contribution in [3.05, 3.63) is 0 Å². The van der Waals surface area contributed by atoms with Crippen molar-refractivity contribution in [3.63, 3.8) is 0 Å². The number of aliphatic hydroxyl groups is 15. The van der Waals surface area contributed by atoms with Crippen LogP contribution in [-0.4, -0.2) is 262 Å². The van der Waals surface area contributed by atoms with Gasteiger partial charge in [-0.05, 0) is 6.92 Å². The lowest BCUT2D eigenvalue weighted by molar-refractivity contribution is -0.390. The van der Waals surface area contributed by atoms with E-state index >= 15 is 0 Å². The Balaban J connectivity index is 1.44. The molecule has 5 rings (SSSR count). The fraction of sp³-hybridized carbons (Fsp3) is 0.969. The number of amides is 1. The van der Waals surface area contributed by atoms with E-state index in [0.717, 1.165) is 6.92 Å². The molecule has 5 saturated heterocycles. The summed E-state index contributed by atoms with van der Waals surface area (Å²) >= 11 is 0. The van der Waals surface area contributed by atoms with Crippen LogP contribution in [0.15, 0.2) is 0 Å². The minimum absolute atomic E-state index is 0.823. The highest BCUT2D eigenvalue weighted by Gasteiger charge is 2.57. The molecule has 338 valence electrons. The fourth-order valence-electron chi connectivity index (χ4n) is 7.35. The molecule has 0 saturated carbocycles. The molecule has 5 heterocycles. The minimum atomic E-state index is -2.10. The molecule has 0 aromatic heterocycles. The number of aliphatic hydroxyl groups excluding tert-OH is 15. The molecule has 26 nitrogen and oxygen atoms in total. The molecule has 5 fully saturated rings. The van der Waals surface area contributed by atoms with Gasteiger partial charge in [0, 0.05) is 6.92 Å². The van der Waals surface area contributed by atoms with Crippen LogP contribution in [0.5, 0.6) is 0 Å². The zero-order chi connectivity index (χ0) is 42.9. The molecule has 25 atom stereocenters. The maximum atomic E-state index is 12.6. The average Bonchev–Trinajstić information content (AvgIpc) is 3.19. The average molecular weight is 854 g/mol. The summed E-state index contributed by atoms with van der Waals surface area (Å²) in [7, 11) is 0. The van der Waals surface area contributed by atoms with E-state index < -0.39 is 186 Å². The van der Waals surface area contributed by atoms with Gasteiger partial charge in [-0.15, -0.1) is 0 Å². The molecule has 5 aliphatic heterocycles. The molecule has 0 spiro atoms.